The molecule has 0 spiro atoms. The molecule has 2 aromatic rings. The van der Waals surface area contributed by atoms with Crippen molar-refractivity contribution in [3.8, 4) is 0 Å². The largest absolute Gasteiger partial charge is 0.292 e. The maximum Gasteiger partial charge on any atom is 0.187 e. The average Bonchev–Trinajstić information content (AvgIpc) is 2.27. The lowest BCUT2D eigenvalue weighted by Gasteiger charge is -2.04. The van der Waals surface area contributed by atoms with Crippen LogP contribution in [0.1, 0.15) is 10.4 Å². The highest BCUT2D eigenvalue weighted by molar-refractivity contribution is 9.25. The van der Waals surface area contributed by atoms with E-state index in [0.29, 0.717) is 5.56 Å². The van der Waals surface area contributed by atoms with E-state index in [4.69, 9.17) is 0 Å². The SMILES string of the molecule is O=C(c1ccc2cc(Br)ccc2c1)C(Br)Br. The molecule has 0 aliphatic carbocycles. The van der Waals surface area contributed by atoms with E-state index >= 15 is 0 Å². The van der Waals surface area contributed by atoms with Crippen LogP contribution in [0.2, 0.25) is 0 Å². The van der Waals surface area contributed by atoms with Crippen LogP contribution in [0, 0.1) is 0 Å². The predicted octanol–water partition coefficient (Wildman–Crippen LogP) is 4.90. The van der Waals surface area contributed by atoms with Gasteiger partial charge in [-0.2, -0.15) is 0 Å². The van der Waals surface area contributed by atoms with Crippen LogP contribution in [0.25, 0.3) is 10.8 Å². The molecule has 0 saturated carbocycles. The zero-order valence-electron chi connectivity index (χ0n) is 8.08. The van der Waals surface area contributed by atoms with E-state index in [1.807, 2.05) is 36.4 Å². The van der Waals surface area contributed by atoms with Crippen LogP contribution in [-0.2, 0) is 0 Å². The van der Waals surface area contributed by atoms with Crippen molar-refractivity contribution in [1.82, 2.24) is 0 Å². The van der Waals surface area contributed by atoms with Crippen LogP contribution in [0.3, 0.4) is 0 Å². The number of fused-ring (bicyclic) bond motifs is 1. The number of Topliss-reactive ketones (excluding diaryl/α,β-unsaturated/α-hetero) is 1. The summed E-state index contributed by atoms with van der Waals surface area (Å²) in [5.41, 5.74) is 0.702. The van der Waals surface area contributed by atoms with Gasteiger partial charge in [0.1, 0.15) is 3.74 Å². The van der Waals surface area contributed by atoms with Gasteiger partial charge in [-0.25, -0.2) is 0 Å². The van der Waals surface area contributed by atoms with Crippen LogP contribution < -0.4 is 0 Å². The van der Waals surface area contributed by atoms with Gasteiger partial charge in [-0.3, -0.25) is 4.79 Å². The Kier molecular flexibility index (Phi) is 3.82. The van der Waals surface area contributed by atoms with Gasteiger partial charge in [0.2, 0.25) is 0 Å². The van der Waals surface area contributed by atoms with E-state index < -0.39 is 0 Å². The van der Waals surface area contributed by atoms with E-state index in [1.165, 1.54) is 0 Å². The van der Waals surface area contributed by atoms with Crippen LogP contribution in [0.4, 0.5) is 0 Å². The predicted molar refractivity (Wildman–Crippen MR) is 77.6 cm³/mol. The number of carbonyl (C=O) groups excluding carboxylic acids is 1. The van der Waals surface area contributed by atoms with Gasteiger partial charge in [-0.15, -0.1) is 0 Å². The van der Waals surface area contributed by atoms with Gasteiger partial charge in [0, 0.05) is 10.0 Å². The fraction of sp³-hybridized carbons (Fsp3) is 0.0833. The van der Waals surface area contributed by atoms with Crippen molar-refractivity contribution in [2.24, 2.45) is 0 Å². The summed E-state index contributed by atoms with van der Waals surface area (Å²) in [7, 11) is 0. The zero-order valence-corrected chi connectivity index (χ0v) is 12.8. The number of rotatable bonds is 2. The molecule has 0 aliphatic rings. The molecular formula is C12H7Br3O. The van der Waals surface area contributed by atoms with Crippen molar-refractivity contribution < 1.29 is 4.79 Å². The van der Waals surface area contributed by atoms with E-state index in [9.17, 15) is 4.79 Å². The van der Waals surface area contributed by atoms with Crippen molar-refractivity contribution in [2.75, 3.05) is 0 Å². The smallest absolute Gasteiger partial charge is 0.187 e. The Morgan fingerprint density at radius 3 is 2.31 bits per heavy atom. The van der Waals surface area contributed by atoms with E-state index in [2.05, 4.69) is 47.8 Å². The summed E-state index contributed by atoms with van der Waals surface area (Å²) in [6.07, 6.45) is 0. The fourth-order valence-electron chi connectivity index (χ4n) is 1.50. The minimum absolute atomic E-state index is 0.0322. The molecule has 2 rings (SSSR count). The number of ketones is 1. The summed E-state index contributed by atoms with van der Waals surface area (Å²) in [5.74, 6) is 0.0322. The van der Waals surface area contributed by atoms with Crippen molar-refractivity contribution in [1.29, 1.82) is 0 Å². The highest BCUT2D eigenvalue weighted by Crippen LogP contribution is 2.23. The van der Waals surface area contributed by atoms with Gasteiger partial charge in [-0.05, 0) is 29.0 Å². The third-order valence-corrected chi connectivity index (χ3v) is 3.61. The van der Waals surface area contributed by atoms with Crippen LogP contribution in [0.15, 0.2) is 40.9 Å². The first-order valence-electron chi connectivity index (χ1n) is 4.59. The van der Waals surface area contributed by atoms with Crippen molar-refractivity contribution in [3.63, 3.8) is 0 Å². The number of hydrogen-bond acceptors (Lipinski definition) is 1. The van der Waals surface area contributed by atoms with E-state index in [0.717, 1.165) is 15.2 Å². The summed E-state index contributed by atoms with van der Waals surface area (Å²) in [6, 6.07) is 11.7. The molecule has 0 heterocycles. The molecule has 82 valence electrons. The molecule has 16 heavy (non-hydrogen) atoms. The Bertz CT molecular complexity index is 549. The average molecular weight is 407 g/mol. The normalized spacial score (nSPS) is 11.0. The lowest BCUT2D eigenvalue weighted by molar-refractivity contribution is 0.101. The molecule has 0 fully saturated rings. The minimum Gasteiger partial charge on any atom is -0.292 e. The van der Waals surface area contributed by atoms with Crippen LogP contribution in [-0.4, -0.2) is 9.52 Å². The Morgan fingerprint density at radius 1 is 1.00 bits per heavy atom. The number of alkyl halides is 2. The van der Waals surface area contributed by atoms with Gasteiger partial charge in [-0.1, -0.05) is 66.0 Å². The molecule has 0 radical (unpaired) electrons. The van der Waals surface area contributed by atoms with Crippen molar-refractivity contribution in [3.05, 3.63) is 46.4 Å². The third-order valence-electron chi connectivity index (χ3n) is 2.29. The monoisotopic (exact) mass is 404 g/mol. The summed E-state index contributed by atoms with van der Waals surface area (Å²) < 4.78 is 0.714. The first-order chi connectivity index (χ1) is 7.58. The summed E-state index contributed by atoms with van der Waals surface area (Å²) in [5, 5.41) is 2.18. The molecule has 1 nitrogen and oxygen atoms in total. The quantitative estimate of drug-likeness (QED) is 0.512. The molecule has 0 unspecified atom stereocenters. The number of carbonyl (C=O) groups is 1. The number of halogens is 3. The van der Waals surface area contributed by atoms with Crippen LogP contribution >= 0.6 is 47.8 Å². The standard InChI is InChI=1S/C12H7Br3O/c13-10-4-3-7-5-9(11(16)12(14)15)2-1-8(7)6-10/h1-6,12H. The highest BCUT2D eigenvalue weighted by atomic mass is 79.9. The Labute approximate surface area is 119 Å². The first-order valence-corrected chi connectivity index (χ1v) is 7.22. The Morgan fingerprint density at radius 2 is 1.62 bits per heavy atom. The van der Waals surface area contributed by atoms with Crippen molar-refractivity contribution >= 4 is 64.3 Å². The Balaban J connectivity index is 2.52. The lowest BCUT2D eigenvalue weighted by Crippen LogP contribution is -2.06. The minimum atomic E-state index is -0.326. The maximum absolute atomic E-state index is 11.8. The molecule has 0 N–H and O–H groups in total. The van der Waals surface area contributed by atoms with Gasteiger partial charge in [0.25, 0.3) is 0 Å². The summed E-state index contributed by atoms with van der Waals surface area (Å²) >= 11 is 9.84. The Hall–Kier alpha value is -0.190. The molecule has 0 bridgehead atoms. The van der Waals surface area contributed by atoms with Gasteiger partial charge in [0.15, 0.2) is 5.78 Å². The second-order valence-electron chi connectivity index (χ2n) is 3.37. The molecule has 0 saturated heterocycles. The third kappa shape index (κ3) is 2.55. The van der Waals surface area contributed by atoms with Gasteiger partial charge in [0.05, 0.1) is 0 Å². The van der Waals surface area contributed by atoms with E-state index in [-0.39, 0.29) is 9.52 Å². The van der Waals surface area contributed by atoms with Crippen LogP contribution in [0.5, 0.6) is 0 Å². The second kappa shape index (κ2) is 4.98. The van der Waals surface area contributed by atoms with E-state index in [1.54, 1.807) is 0 Å². The number of benzene rings is 2. The topological polar surface area (TPSA) is 17.1 Å². The lowest BCUT2D eigenvalue weighted by atomic mass is 10.1. The number of hydrogen-bond donors (Lipinski definition) is 0. The molecule has 0 aliphatic heterocycles. The van der Waals surface area contributed by atoms with Crippen molar-refractivity contribution in [2.45, 2.75) is 3.74 Å². The van der Waals surface area contributed by atoms with Gasteiger partial charge < -0.3 is 0 Å². The molecular weight excluding hydrogens is 400 g/mol. The first kappa shape index (κ1) is 12.3. The summed E-state index contributed by atoms with van der Waals surface area (Å²) in [4.78, 5) is 11.8. The molecule has 2 aromatic carbocycles. The molecule has 0 amide bonds. The van der Waals surface area contributed by atoms with Gasteiger partial charge >= 0.3 is 0 Å². The molecule has 4 heteroatoms. The zero-order chi connectivity index (χ0) is 11.7. The molecule has 0 aromatic heterocycles. The fourth-order valence-corrected chi connectivity index (χ4v) is 2.40. The second-order valence-corrected chi connectivity index (χ2v) is 7.35. The molecule has 0 atom stereocenters. The highest BCUT2D eigenvalue weighted by Gasteiger charge is 2.13. The maximum atomic E-state index is 11.8. The summed E-state index contributed by atoms with van der Waals surface area (Å²) in [6.45, 7) is 0.